The largest absolute Gasteiger partial charge is 0.444 e. The van der Waals surface area contributed by atoms with Gasteiger partial charge in [0.15, 0.2) is 0 Å². The van der Waals surface area contributed by atoms with Gasteiger partial charge in [0.25, 0.3) is 0 Å². The van der Waals surface area contributed by atoms with Crippen molar-refractivity contribution in [1.82, 2.24) is 15.3 Å². The molecule has 3 rings (SSSR count). The first-order valence-electron chi connectivity index (χ1n) is 6.72. The van der Waals surface area contributed by atoms with Crippen LogP contribution in [0.4, 0.5) is 0 Å². The second kappa shape index (κ2) is 5.43. The Bertz CT molecular complexity index is 720. The molecule has 0 aliphatic heterocycles. The van der Waals surface area contributed by atoms with E-state index >= 15 is 0 Å². The van der Waals surface area contributed by atoms with Crippen LogP contribution >= 0.6 is 0 Å². The quantitative estimate of drug-likeness (QED) is 0.787. The number of oxazole rings is 1. The van der Waals surface area contributed by atoms with Gasteiger partial charge >= 0.3 is 0 Å². The van der Waals surface area contributed by atoms with Gasteiger partial charge < -0.3 is 9.73 Å². The molecule has 2 heterocycles. The van der Waals surface area contributed by atoms with E-state index in [1.165, 1.54) is 5.56 Å². The monoisotopic (exact) mass is 267 g/mol. The number of aryl methyl sites for hydroxylation is 1. The Kier molecular flexibility index (Phi) is 3.48. The number of rotatable bonds is 4. The highest BCUT2D eigenvalue weighted by molar-refractivity contribution is 5.78. The van der Waals surface area contributed by atoms with E-state index in [1.54, 1.807) is 6.20 Å². The van der Waals surface area contributed by atoms with Crippen molar-refractivity contribution in [2.24, 2.45) is 0 Å². The molecule has 0 saturated carbocycles. The molecule has 1 N–H and O–H groups in total. The maximum Gasteiger partial charge on any atom is 0.211 e. The van der Waals surface area contributed by atoms with Crippen LogP contribution in [0.25, 0.3) is 10.9 Å². The van der Waals surface area contributed by atoms with Crippen LogP contribution in [0.2, 0.25) is 0 Å². The summed E-state index contributed by atoms with van der Waals surface area (Å²) >= 11 is 0. The van der Waals surface area contributed by atoms with Gasteiger partial charge in [-0.05, 0) is 37.6 Å². The Morgan fingerprint density at radius 1 is 1.25 bits per heavy atom. The molecule has 0 aliphatic rings. The van der Waals surface area contributed by atoms with Gasteiger partial charge in [-0.25, -0.2) is 4.98 Å². The van der Waals surface area contributed by atoms with Crippen molar-refractivity contribution in [3.05, 3.63) is 59.9 Å². The minimum atomic E-state index is 0.0910. The maximum atomic E-state index is 5.52. The Balaban J connectivity index is 1.70. The van der Waals surface area contributed by atoms with Crippen molar-refractivity contribution < 1.29 is 4.42 Å². The fraction of sp³-hybridized carbons (Fsp3) is 0.250. The van der Waals surface area contributed by atoms with E-state index in [0.717, 1.165) is 29.1 Å². The Morgan fingerprint density at radius 3 is 2.95 bits per heavy atom. The van der Waals surface area contributed by atoms with Crippen molar-refractivity contribution in [2.75, 3.05) is 0 Å². The van der Waals surface area contributed by atoms with Crippen LogP contribution in [0.5, 0.6) is 0 Å². The molecule has 0 saturated heterocycles. The van der Waals surface area contributed by atoms with Crippen molar-refractivity contribution in [3.63, 3.8) is 0 Å². The molecule has 1 aromatic carbocycles. The van der Waals surface area contributed by atoms with Gasteiger partial charge in [0.05, 0.1) is 17.8 Å². The summed E-state index contributed by atoms with van der Waals surface area (Å²) in [5, 5.41) is 4.58. The van der Waals surface area contributed by atoms with Crippen LogP contribution in [0, 0.1) is 6.92 Å². The zero-order valence-corrected chi connectivity index (χ0v) is 11.6. The summed E-state index contributed by atoms with van der Waals surface area (Å²) in [4.78, 5) is 8.56. The number of benzene rings is 1. The summed E-state index contributed by atoms with van der Waals surface area (Å²) in [6, 6.07) is 10.4. The molecule has 4 heteroatoms. The SMILES string of the molecule is Cc1cnc(C(C)NCc2ccc3ncccc3c2)o1. The molecule has 1 atom stereocenters. The van der Waals surface area contributed by atoms with Crippen molar-refractivity contribution >= 4 is 10.9 Å². The lowest BCUT2D eigenvalue weighted by atomic mass is 10.1. The van der Waals surface area contributed by atoms with Gasteiger partial charge in [-0.2, -0.15) is 0 Å². The van der Waals surface area contributed by atoms with E-state index in [-0.39, 0.29) is 6.04 Å². The van der Waals surface area contributed by atoms with Crippen LogP contribution in [-0.2, 0) is 6.54 Å². The summed E-state index contributed by atoms with van der Waals surface area (Å²) in [6.07, 6.45) is 3.56. The molecule has 0 spiro atoms. The van der Waals surface area contributed by atoms with E-state index in [4.69, 9.17) is 4.42 Å². The molecule has 20 heavy (non-hydrogen) atoms. The summed E-state index contributed by atoms with van der Waals surface area (Å²) in [5.41, 5.74) is 2.24. The summed E-state index contributed by atoms with van der Waals surface area (Å²) in [5.74, 6) is 1.57. The normalized spacial score (nSPS) is 12.7. The fourth-order valence-electron chi connectivity index (χ4n) is 2.17. The minimum Gasteiger partial charge on any atom is -0.444 e. The number of pyridine rings is 1. The molecular formula is C16H17N3O. The van der Waals surface area contributed by atoms with Crippen molar-refractivity contribution in [2.45, 2.75) is 26.4 Å². The number of hydrogen-bond donors (Lipinski definition) is 1. The topological polar surface area (TPSA) is 51.0 Å². The molecule has 1 unspecified atom stereocenters. The van der Waals surface area contributed by atoms with Crippen LogP contribution in [0.15, 0.2) is 47.1 Å². The van der Waals surface area contributed by atoms with Gasteiger partial charge in [-0.3, -0.25) is 4.98 Å². The maximum absolute atomic E-state index is 5.52. The number of aromatic nitrogens is 2. The lowest BCUT2D eigenvalue weighted by Crippen LogP contribution is -2.18. The number of nitrogens with one attached hydrogen (secondary N) is 1. The highest BCUT2D eigenvalue weighted by atomic mass is 16.4. The van der Waals surface area contributed by atoms with Crippen LogP contribution in [0.1, 0.15) is 30.2 Å². The zero-order valence-electron chi connectivity index (χ0n) is 11.6. The molecule has 3 aromatic rings. The van der Waals surface area contributed by atoms with E-state index < -0.39 is 0 Å². The average molecular weight is 267 g/mol. The van der Waals surface area contributed by atoms with Gasteiger partial charge in [0, 0.05) is 18.1 Å². The molecule has 0 fully saturated rings. The standard InChI is InChI=1S/C16H17N3O/c1-11-9-19-16(20-11)12(2)18-10-13-5-6-15-14(8-13)4-3-7-17-15/h3-9,12,18H,10H2,1-2H3. The third-order valence-electron chi connectivity index (χ3n) is 3.29. The zero-order chi connectivity index (χ0) is 13.9. The number of nitrogens with zero attached hydrogens (tertiary/aromatic N) is 2. The number of fused-ring (bicyclic) bond motifs is 1. The summed E-state index contributed by atoms with van der Waals surface area (Å²) in [7, 11) is 0. The molecule has 102 valence electrons. The molecule has 2 aromatic heterocycles. The van der Waals surface area contributed by atoms with Crippen LogP contribution in [-0.4, -0.2) is 9.97 Å². The average Bonchev–Trinajstić information content (AvgIpc) is 2.91. The lowest BCUT2D eigenvalue weighted by molar-refractivity contribution is 0.402. The second-order valence-corrected chi connectivity index (χ2v) is 4.94. The third-order valence-corrected chi connectivity index (χ3v) is 3.29. The van der Waals surface area contributed by atoms with Crippen LogP contribution in [0.3, 0.4) is 0 Å². The Morgan fingerprint density at radius 2 is 2.15 bits per heavy atom. The van der Waals surface area contributed by atoms with Crippen LogP contribution < -0.4 is 5.32 Å². The first-order valence-corrected chi connectivity index (χ1v) is 6.72. The Hall–Kier alpha value is -2.20. The van der Waals surface area contributed by atoms with Gasteiger partial charge in [-0.1, -0.05) is 12.1 Å². The molecular weight excluding hydrogens is 250 g/mol. The first-order chi connectivity index (χ1) is 9.72. The van der Waals surface area contributed by atoms with Gasteiger partial charge in [0.1, 0.15) is 5.76 Å². The van der Waals surface area contributed by atoms with E-state index in [2.05, 4.69) is 33.5 Å². The molecule has 0 amide bonds. The lowest BCUT2D eigenvalue weighted by Gasteiger charge is -2.10. The first kappa shape index (κ1) is 12.8. The molecule has 0 aliphatic carbocycles. The highest BCUT2D eigenvalue weighted by Crippen LogP contribution is 2.16. The van der Waals surface area contributed by atoms with Crippen molar-refractivity contribution in [1.29, 1.82) is 0 Å². The molecule has 4 nitrogen and oxygen atoms in total. The highest BCUT2D eigenvalue weighted by Gasteiger charge is 2.10. The Labute approximate surface area is 117 Å². The van der Waals surface area contributed by atoms with E-state index in [9.17, 15) is 0 Å². The minimum absolute atomic E-state index is 0.0910. The van der Waals surface area contributed by atoms with Gasteiger partial charge in [-0.15, -0.1) is 0 Å². The fourth-order valence-corrected chi connectivity index (χ4v) is 2.17. The van der Waals surface area contributed by atoms with Crippen molar-refractivity contribution in [3.8, 4) is 0 Å². The van der Waals surface area contributed by atoms with E-state index in [1.807, 2.05) is 32.2 Å². The third kappa shape index (κ3) is 2.70. The molecule has 0 bridgehead atoms. The molecule has 0 radical (unpaired) electrons. The summed E-state index contributed by atoms with van der Waals surface area (Å²) in [6.45, 7) is 4.72. The summed E-state index contributed by atoms with van der Waals surface area (Å²) < 4.78 is 5.52. The van der Waals surface area contributed by atoms with E-state index in [0.29, 0.717) is 0 Å². The predicted molar refractivity (Wildman–Crippen MR) is 78.2 cm³/mol. The smallest absolute Gasteiger partial charge is 0.211 e. The number of hydrogen-bond acceptors (Lipinski definition) is 4. The van der Waals surface area contributed by atoms with Gasteiger partial charge in [0.2, 0.25) is 5.89 Å². The second-order valence-electron chi connectivity index (χ2n) is 4.94. The predicted octanol–water partition coefficient (Wildman–Crippen LogP) is 3.38.